The van der Waals surface area contributed by atoms with Crippen LogP contribution >= 0.6 is 12.6 Å². The number of rotatable bonds is 4. The second kappa shape index (κ2) is 5.67. The Morgan fingerprint density at radius 3 is 2.41 bits per heavy atom. The lowest BCUT2D eigenvalue weighted by Gasteiger charge is -2.25. The molecule has 17 heavy (non-hydrogen) atoms. The third-order valence-corrected chi connectivity index (χ3v) is 3.09. The third-order valence-electron chi connectivity index (χ3n) is 2.89. The number of thiol groups is 1. The van der Waals surface area contributed by atoms with Crippen LogP contribution in [0.1, 0.15) is 26.3 Å². The molecule has 3 heteroatoms. The van der Waals surface area contributed by atoms with Crippen LogP contribution in [0.4, 0.5) is 5.69 Å². The number of nitrogens with zero attached hydrogens (tertiary/aromatic N) is 1. The van der Waals surface area contributed by atoms with Gasteiger partial charge in [0.25, 0.3) is 0 Å². The van der Waals surface area contributed by atoms with Gasteiger partial charge < -0.3 is 9.64 Å². The van der Waals surface area contributed by atoms with E-state index in [9.17, 15) is 0 Å². The van der Waals surface area contributed by atoms with Crippen LogP contribution in [0.15, 0.2) is 18.2 Å². The number of ether oxygens (including phenoxy) is 1. The van der Waals surface area contributed by atoms with Crippen molar-refractivity contribution < 1.29 is 4.74 Å². The minimum Gasteiger partial charge on any atom is -0.495 e. The normalized spacial score (nSPS) is 11.4. The molecule has 0 N–H and O–H groups in total. The SMILES string of the molecule is COc1ccc(C(C)(C)C)cc1N(C)CCS. The van der Waals surface area contributed by atoms with Crippen molar-refractivity contribution in [2.24, 2.45) is 0 Å². The minimum absolute atomic E-state index is 0.156. The molecule has 96 valence electrons. The van der Waals surface area contributed by atoms with Crippen LogP contribution in [0.3, 0.4) is 0 Å². The molecule has 0 heterocycles. The van der Waals surface area contributed by atoms with Crippen molar-refractivity contribution in [3.8, 4) is 5.75 Å². The molecule has 1 rings (SSSR count). The second-order valence-corrected chi connectivity index (χ2v) is 5.73. The largest absolute Gasteiger partial charge is 0.495 e. The smallest absolute Gasteiger partial charge is 0.142 e. The fraction of sp³-hybridized carbons (Fsp3) is 0.571. The predicted octanol–water partition coefficient (Wildman–Crippen LogP) is 3.36. The lowest BCUT2D eigenvalue weighted by atomic mass is 9.86. The fourth-order valence-corrected chi connectivity index (χ4v) is 2.03. The van der Waals surface area contributed by atoms with Gasteiger partial charge in [0.15, 0.2) is 0 Å². The Kier molecular flexibility index (Phi) is 4.75. The molecule has 0 bridgehead atoms. The van der Waals surface area contributed by atoms with Crippen molar-refractivity contribution in [1.82, 2.24) is 0 Å². The molecule has 0 aromatic heterocycles. The summed E-state index contributed by atoms with van der Waals surface area (Å²) in [5, 5.41) is 0. The molecule has 0 aliphatic carbocycles. The zero-order chi connectivity index (χ0) is 13.1. The molecule has 0 aliphatic rings. The summed E-state index contributed by atoms with van der Waals surface area (Å²) in [6, 6.07) is 6.39. The highest BCUT2D eigenvalue weighted by Gasteiger charge is 2.17. The number of anilines is 1. The Labute approximate surface area is 110 Å². The van der Waals surface area contributed by atoms with Crippen LogP contribution in [0.5, 0.6) is 5.75 Å². The van der Waals surface area contributed by atoms with Gasteiger partial charge in [-0.2, -0.15) is 12.6 Å². The molecule has 0 unspecified atom stereocenters. The van der Waals surface area contributed by atoms with Gasteiger partial charge >= 0.3 is 0 Å². The molecule has 0 amide bonds. The topological polar surface area (TPSA) is 12.5 Å². The number of methoxy groups -OCH3 is 1. The van der Waals surface area contributed by atoms with Gasteiger partial charge in [0.1, 0.15) is 5.75 Å². The van der Waals surface area contributed by atoms with Gasteiger partial charge in [-0.15, -0.1) is 0 Å². The molecule has 1 aromatic carbocycles. The molecule has 0 saturated carbocycles. The van der Waals surface area contributed by atoms with Gasteiger partial charge in [0.2, 0.25) is 0 Å². The van der Waals surface area contributed by atoms with Gasteiger partial charge in [-0.1, -0.05) is 26.8 Å². The standard InChI is InChI=1S/C14H23NOS/c1-14(2,3)11-6-7-13(16-5)12(10-11)15(4)8-9-17/h6-7,10,17H,8-9H2,1-5H3. The van der Waals surface area contributed by atoms with E-state index < -0.39 is 0 Å². The van der Waals surface area contributed by atoms with E-state index in [1.165, 1.54) is 5.56 Å². The molecule has 0 fully saturated rings. The van der Waals surface area contributed by atoms with Gasteiger partial charge in [0.05, 0.1) is 12.8 Å². The average molecular weight is 253 g/mol. The van der Waals surface area contributed by atoms with E-state index in [1.54, 1.807) is 7.11 Å². The highest BCUT2D eigenvalue weighted by molar-refractivity contribution is 7.80. The van der Waals surface area contributed by atoms with E-state index in [0.29, 0.717) is 0 Å². The molecule has 0 spiro atoms. The first-order chi connectivity index (χ1) is 7.90. The Morgan fingerprint density at radius 2 is 1.94 bits per heavy atom. The maximum atomic E-state index is 5.41. The molecule has 1 aromatic rings. The van der Waals surface area contributed by atoms with E-state index in [1.807, 2.05) is 6.07 Å². The van der Waals surface area contributed by atoms with Crippen LogP contribution in [0, 0.1) is 0 Å². The molecule has 0 atom stereocenters. The molecule has 2 nitrogen and oxygen atoms in total. The van der Waals surface area contributed by atoms with E-state index >= 15 is 0 Å². The zero-order valence-corrected chi connectivity index (χ0v) is 12.3. The average Bonchev–Trinajstić information content (AvgIpc) is 2.27. The second-order valence-electron chi connectivity index (χ2n) is 5.28. The van der Waals surface area contributed by atoms with Gasteiger partial charge in [0, 0.05) is 19.3 Å². The first-order valence-corrected chi connectivity index (χ1v) is 6.54. The summed E-state index contributed by atoms with van der Waals surface area (Å²) in [5.74, 6) is 1.75. The highest BCUT2D eigenvalue weighted by atomic mass is 32.1. The van der Waals surface area contributed by atoms with Gasteiger partial charge in [-0.3, -0.25) is 0 Å². The van der Waals surface area contributed by atoms with Crippen LogP contribution < -0.4 is 9.64 Å². The first kappa shape index (κ1) is 14.2. The summed E-state index contributed by atoms with van der Waals surface area (Å²) in [6.45, 7) is 7.57. The third kappa shape index (κ3) is 3.56. The fourth-order valence-electron chi connectivity index (χ4n) is 1.73. The number of hydrogen-bond donors (Lipinski definition) is 1. The Hall–Kier alpha value is -0.830. The summed E-state index contributed by atoms with van der Waals surface area (Å²) < 4.78 is 5.41. The Balaban J connectivity index is 3.15. The predicted molar refractivity (Wildman–Crippen MR) is 78.8 cm³/mol. The monoisotopic (exact) mass is 253 g/mol. The molecular weight excluding hydrogens is 230 g/mol. The summed E-state index contributed by atoms with van der Waals surface area (Å²) in [5.41, 5.74) is 2.61. The molecule has 0 radical (unpaired) electrons. The maximum absolute atomic E-state index is 5.41. The van der Waals surface area contributed by atoms with Crippen LogP contribution in [0.25, 0.3) is 0 Å². The van der Waals surface area contributed by atoms with Crippen molar-refractivity contribution in [3.63, 3.8) is 0 Å². The summed E-state index contributed by atoms with van der Waals surface area (Å²) in [7, 11) is 3.78. The highest BCUT2D eigenvalue weighted by Crippen LogP contribution is 2.33. The quantitative estimate of drug-likeness (QED) is 0.826. The van der Waals surface area contributed by atoms with Crippen molar-refractivity contribution in [1.29, 1.82) is 0 Å². The molecule has 0 aliphatic heterocycles. The first-order valence-electron chi connectivity index (χ1n) is 5.90. The van der Waals surface area contributed by atoms with Crippen molar-refractivity contribution in [3.05, 3.63) is 23.8 Å². The van der Waals surface area contributed by atoms with E-state index in [2.05, 4.69) is 57.5 Å². The van der Waals surface area contributed by atoms with Crippen LogP contribution in [0.2, 0.25) is 0 Å². The van der Waals surface area contributed by atoms with E-state index in [-0.39, 0.29) is 5.41 Å². The minimum atomic E-state index is 0.156. The van der Waals surface area contributed by atoms with Crippen LogP contribution in [-0.4, -0.2) is 26.5 Å². The maximum Gasteiger partial charge on any atom is 0.142 e. The number of hydrogen-bond acceptors (Lipinski definition) is 3. The Morgan fingerprint density at radius 1 is 1.29 bits per heavy atom. The lowest BCUT2D eigenvalue weighted by Crippen LogP contribution is -2.21. The molecular formula is C14H23NOS. The van der Waals surface area contributed by atoms with E-state index in [4.69, 9.17) is 4.74 Å². The number of benzene rings is 1. The van der Waals surface area contributed by atoms with Crippen molar-refractivity contribution >= 4 is 18.3 Å². The zero-order valence-electron chi connectivity index (χ0n) is 11.4. The van der Waals surface area contributed by atoms with E-state index in [0.717, 1.165) is 23.7 Å². The van der Waals surface area contributed by atoms with Gasteiger partial charge in [-0.05, 0) is 23.1 Å². The molecule has 0 saturated heterocycles. The van der Waals surface area contributed by atoms with Crippen LogP contribution in [-0.2, 0) is 5.41 Å². The summed E-state index contributed by atoms with van der Waals surface area (Å²) in [4.78, 5) is 2.18. The summed E-state index contributed by atoms with van der Waals surface area (Å²) in [6.07, 6.45) is 0. The lowest BCUT2D eigenvalue weighted by molar-refractivity contribution is 0.414. The Bertz CT molecular complexity index is 371. The van der Waals surface area contributed by atoms with Crippen molar-refractivity contribution in [2.75, 3.05) is 31.4 Å². The van der Waals surface area contributed by atoms with Crippen molar-refractivity contribution in [2.45, 2.75) is 26.2 Å². The summed E-state index contributed by atoms with van der Waals surface area (Å²) >= 11 is 4.27. The van der Waals surface area contributed by atoms with Gasteiger partial charge in [-0.25, -0.2) is 0 Å².